The highest BCUT2D eigenvalue weighted by Gasteiger charge is 2.37. The minimum Gasteiger partial charge on any atom is -0.480 e. The fourth-order valence-corrected chi connectivity index (χ4v) is 2.10. The van der Waals surface area contributed by atoms with Crippen LogP contribution in [0.5, 0.6) is 0 Å². The molecular formula is C12H13N3O3. The number of aliphatic carboxylic acids is 1. The molecule has 2 rings (SSSR count). The van der Waals surface area contributed by atoms with Gasteiger partial charge in [-0.05, 0) is 12.1 Å². The molecule has 1 aliphatic rings. The first-order valence-electron chi connectivity index (χ1n) is 5.55. The lowest BCUT2D eigenvalue weighted by Crippen LogP contribution is -2.36. The standard InChI is InChI=1S/C12H13N3O3/c1-18-9-5-10(12(16)17)15(7-9)11-4-2-3-8(6-13)14-11/h2-4,9-10H,5,7H2,1H3,(H,16,17). The second-order valence-electron chi connectivity index (χ2n) is 4.09. The summed E-state index contributed by atoms with van der Waals surface area (Å²) in [5, 5.41) is 18.0. The van der Waals surface area contributed by atoms with E-state index in [2.05, 4.69) is 4.98 Å². The van der Waals surface area contributed by atoms with Crippen molar-refractivity contribution in [3.63, 3.8) is 0 Å². The molecule has 0 bridgehead atoms. The molecule has 1 saturated heterocycles. The maximum atomic E-state index is 11.2. The number of ether oxygens (including phenoxy) is 1. The number of anilines is 1. The van der Waals surface area contributed by atoms with Gasteiger partial charge in [-0.15, -0.1) is 0 Å². The van der Waals surface area contributed by atoms with Gasteiger partial charge in [0.25, 0.3) is 0 Å². The first kappa shape index (κ1) is 12.3. The van der Waals surface area contributed by atoms with Gasteiger partial charge in [-0.3, -0.25) is 0 Å². The number of nitrogens with zero attached hydrogens (tertiary/aromatic N) is 3. The predicted octanol–water partition coefficient (Wildman–Crippen LogP) is 0.632. The Morgan fingerprint density at radius 1 is 1.67 bits per heavy atom. The fraction of sp³-hybridized carbons (Fsp3) is 0.417. The SMILES string of the molecule is COC1CC(C(=O)O)N(c2cccc(C#N)n2)C1. The summed E-state index contributed by atoms with van der Waals surface area (Å²) in [6.45, 7) is 0.468. The minimum atomic E-state index is -0.904. The number of hydrogen-bond acceptors (Lipinski definition) is 5. The average molecular weight is 247 g/mol. The molecule has 2 atom stereocenters. The van der Waals surface area contributed by atoms with Gasteiger partial charge in [0.05, 0.1) is 6.10 Å². The molecule has 0 aliphatic carbocycles. The zero-order valence-corrected chi connectivity index (χ0v) is 9.91. The van der Waals surface area contributed by atoms with Gasteiger partial charge < -0.3 is 14.7 Å². The van der Waals surface area contributed by atoms with Crippen molar-refractivity contribution in [3.05, 3.63) is 23.9 Å². The molecule has 18 heavy (non-hydrogen) atoms. The Kier molecular flexibility index (Phi) is 3.44. The van der Waals surface area contributed by atoms with Crippen molar-refractivity contribution in [3.8, 4) is 6.07 Å². The molecule has 0 radical (unpaired) electrons. The predicted molar refractivity (Wildman–Crippen MR) is 63.1 cm³/mol. The van der Waals surface area contributed by atoms with E-state index in [-0.39, 0.29) is 11.8 Å². The van der Waals surface area contributed by atoms with Crippen molar-refractivity contribution >= 4 is 11.8 Å². The van der Waals surface area contributed by atoms with Gasteiger partial charge >= 0.3 is 5.97 Å². The summed E-state index contributed by atoms with van der Waals surface area (Å²) in [5.41, 5.74) is 0.275. The van der Waals surface area contributed by atoms with Crippen LogP contribution in [-0.4, -0.2) is 41.9 Å². The van der Waals surface area contributed by atoms with Crippen molar-refractivity contribution in [2.75, 3.05) is 18.6 Å². The molecule has 6 heteroatoms. The van der Waals surface area contributed by atoms with Crippen LogP contribution in [0, 0.1) is 11.3 Å². The van der Waals surface area contributed by atoms with Crippen LogP contribution in [0.4, 0.5) is 5.82 Å². The van der Waals surface area contributed by atoms with Gasteiger partial charge in [0.15, 0.2) is 0 Å². The number of rotatable bonds is 3. The average Bonchev–Trinajstić information content (AvgIpc) is 2.83. The molecular weight excluding hydrogens is 234 g/mol. The molecule has 0 saturated carbocycles. The summed E-state index contributed by atoms with van der Waals surface area (Å²) in [7, 11) is 1.56. The molecule has 94 valence electrons. The van der Waals surface area contributed by atoms with E-state index in [0.29, 0.717) is 18.8 Å². The smallest absolute Gasteiger partial charge is 0.326 e. The Labute approximate surface area is 104 Å². The Morgan fingerprint density at radius 3 is 3.06 bits per heavy atom. The van der Waals surface area contributed by atoms with Crippen LogP contribution in [0.2, 0.25) is 0 Å². The Bertz CT molecular complexity index is 498. The van der Waals surface area contributed by atoms with Crippen molar-refractivity contribution < 1.29 is 14.6 Å². The maximum absolute atomic E-state index is 11.2. The molecule has 1 fully saturated rings. The third kappa shape index (κ3) is 2.26. The molecule has 1 N–H and O–H groups in total. The van der Waals surface area contributed by atoms with Crippen LogP contribution >= 0.6 is 0 Å². The van der Waals surface area contributed by atoms with Gasteiger partial charge in [-0.2, -0.15) is 5.26 Å². The van der Waals surface area contributed by atoms with Crippen LogP contribution in [0.25, 0.3) is 0 Å². The molecule has 2 unspecified atom stereocenters. The summed E-state index contributed by atoms with van der Waals surface area (Å²) in [6, 6.07) is 6.27. The fourth-order valence-electron chi connectivity index (χ4n) is 2.10. The summed E-state index contributed by atoms with van der Waals surface area (Å²) < 4.78 is 5.20. The first-order valence-corrected chi connectivity index (χ1v) is 5.55. The van der Waals surface area contributed by atoms with Crippen LogP contribution in [0.1, 0.15) is 12.1 Å². The van der Waals surface area contributed by atoms with Crippen LogP contribution in [0.15, 0.2) is 18.2 Å². The highest BCUT2D eigenvalue weighted by atomic mass is 16.5. The lowest BCUT2D eigenvalue weighted by molar-refractivity contribution is -0.138. The van der Waals surface area contributed by atoms with E-state index < -0.39 is 12.0 Å². The summed E-state index contributed by atoms with van der Waals surface area (Å²) in [6.07, 6.45) is 0.295. The monoisotopic (exact) mass is 247 g/mol. The number of methoxy groups -OCH3 is 1. The molecule has 0 spiro atoms. The second-order valence-corrected chi connectivity index (χ2v) is 4.09. The van der Waals surface area contributed by atoms with E-state index in [1.807, 2.05) is 6.07 Å². The molecule has 0 aromatic carbocycles. The molecule has 1 aromatic rings. The Morgan fingerprint density at radius 2 is 2.44 bits per heavy atom. The van der Waals surface area contributed by atoms with Gasteiger partial charge in [0.2, 0.25) is 0 Å². The minimum absolute atomic E-state index is 0.126. The van der Waals surface area contributed by atoms with Gasteiger partial charge in [-0.1, -0.05) is 6.07 Å². The first-order chi connectivity index (χ1) is 8.65. The number of carboxylic acids is 1. The van der Waals surface area contributed by atoms with Crippen molar-refractivity contribution in [1.82, 2.24) is 4.98 Å². The number of carbonyl (C=O) groups is 1. The third-order valence-corrected chi connectivity index (χ3v) is 3.02. The number of hydrogen-bond donors (Lipinski definition) is 1. The van der Waals surface area contributed by atoms with Crippen molar-refractivity contribution in [1.29, 1.82) is 5.26 Å². The van der Waals surface area contributed by atoms with E-state index in [1.54, 1.807) is 30.2 Å². The Hall–Kier alpha value is -2.13. The van der Waals surface area contributed by atoms with Gasteiger partial charge in [0.1, 0.15) is 23.6 Å². The lowest BCUT2D eigenvalue weighted by Gasteiger charge is -2.22. The van der Waals surface area contributed by atoms with E-state index >= 15 is 0 Å². The highest BCUT2D eigenvalue weighted by molar-refractivity contribution is 5.78. The molecule has 1 aliphatic heterocycles. The van der Waals surface area contributed by atoms with E-state index in [1.165, 1.54) is 0 Å². The quantitative estimate of drug-likeness (QED) is 0.843. The second kappa shape index (κ2) is 5.02. The third-order valence-electron chi connectivity index (χ3n) is 3.02. The van der Waals surface area contributed by atoms with Gasteiger partial charge in [-0.25, -0.2) is 9.78 Å². The number of carboxylic acid groups (broad SMARTS) is 1. The van der Waals surface area contributed by atoms with E-state index in [4.69, 9.17) is 10.00 Å². The molecule has 1 aromatic heterocycles. The van der Waals surface area contributed by atoms with Crippen LogP contribution < -0.4 is 4.90 Å². The summed E-state index contributed by atoms with van der Waals surface area (Å²) in [4.78, 5) is 17.0. The lowest BCUT2D eigenvalue weighted by atomic mass is 10.2. The van der Waals surface area contributed by atoms with Gasteiger partial charge in [0, 0.05) is 20.1 Å². The zero-order chi connectivity index (χ0) is 13.1. The van der Waals surface area contributed by atoms with E-state index in [9.17, 15) is 9.90 Å². The molecule has 2 heterocycles. The number of aromatic nitrogens is 1. The summed E-state index contributed by atoms with van der Waals surface area (Å²) in [5.74, 6) is -0.403. The normalized spacial score (nSPS) is 22.8. The topological polar surface area (TPSA) is 86.5 Å². The molecule has 6 nitrogen and oxygen atoms in total. The van der Waals surface area contributed by atoms with Crippen molar-refractivity contribution in [2.24, 2.45) is 0 Å². The summed E-state index contributed by atoms with van der Waals surface area (Å²) >= 11 is 0. The highest BCUT2D eigenvalue weighted by Crippen LogP contribution is 2.25. The van der Waals surface area contributed by atoms with E-state index in [0.717, 1.165) is 0 Å². The Balaban J connectivity index is 2.30. The number of pyridine rings is 1. The maximum Gasteiger partial charge on any atom is 0.326 e. The molecule has 0 amide bonds. The largest absolute Gasteiger partial charge is 0.480 e. The van der Waals surface area contributed by atoms with Crippen LogP contribution in [-0.2, 0) is 9.53 Å². The van der Waals surface area contributed by atoms with Crippen LogP contribution in [0.3, 0.4) is 0 Å². The zero-order valence-electron chi connectivity index (χ0n) is 9.91. The number of nitriles is 1. The van der Waals surface area contributed by atoms with Crippen molar-refractivity contribution in [2.45, 2.75) is 18.6 Å².